The Hall–Kier alpha value is -13.7. The van der Waals surface area contributed by atoms with Crippen LogP contribution < -0.4 is 142 Å². The van der Waals surface area contributed by atoms with Crippen LogP contribution in [0.1, 0.15) is 102 Å². The number of nitrogens with two attached hydrogens (primary N) is 5. The molecule has 6 amide bonds. The molecule has 2 saturated carbocycles. The molecule has 792 valence electrons. The molecule has 0 bridgehead atoms. The third-order valence-electron chi connectivity index (χ3n) is 20.6. The van der Waals surface area contributed by atoms with E-state index in [1.807, 2.05) is 58.9 Å². The van der Waals surface area contributed by atoms with Gasteiger partial charge in [0.25, 0.3) is 34.8 Å². The molecule has 0 aliphatic heterocycles. The van der Waals surface area contributed by atoms with Gasteiger partial charge in [0.2, 0.25) is 23.7 Å². The largest absolute Gasteiger partial charge is 1.00 e. The number of H-pyrrole nitrogens is 1. The van der Waals surface area contributed by atoms with Gasteiger partial charge in [0, 0.05) is 114 Å². The monoisotopic (exact) mass is 2520 g/mol. The van der Waals surface area contributed by atoms with E-state index in [1.165, 1.54) is 66.7 Å². The first-order valence-electron chi connectivity index (χ1n) is 42.5. The van der Waals surface area contributed by atoms with E-state index in [4.69, 9.17) is 91.3 Å². The number of carboxylic acids is 1. The summed E-state index contributed by atoms with van der Waals surface area (Å²) in [6, 6.07) is 51.2. The van der Waals surface area contributed by atoms with Crippen LogP contribution in [-0.2, 0) is 32.2 Å². The number of hydrogen-bond acceptors (Lipinski definition) is 30. The minimum absolute atomic E-state index is 0. The molecule has 0 radical (unpaired) electrons. The number of nitrogens with one attached hydrogen (secondary N) is 8. The number of methoxy groups -OCH3 is 5. The van der Waals surface area contributed by atoms with E-state index in [-0.39, 0.29) is 177 Å². The first-order chi connectivity index (χ1) is 70.3. The van der Waals surface area contributed by atoms with Gasteiger partial charge in [-0.05, 0) is 189 Å². The molecule has 14 rings (SSSR count). The van der Waals surface area contributed by atoms with E-state index >= 15 is 0 Å². The Bertz CT molecular complexity index is 6950. The van der Waals surface area contributed by atoms with E-state index in [0.29, 0.717) is 94.2 Å². The first-order valence-corrected chi connectivity index (χ1v) is 49.1. The fourth-order valence-electron chi connectivity index (χ4n) is 12.7. The predicted octanol–water partition coefficient (Wildman–Crippen LogP) is 15.3. The summed E-state index contributed by atoms with van der Waals surface area (Å²) in [5.74, 6) is -4.51. The van der Waals surface area contributed by atoms with Crippen LogP contribution in [0.15, 0.2) is 217 Å². The van der Waals surface area contributed by atoms with Crippen LogP contribution in [0.4, 0.5) is 106 Å². The van der Waals surface area contributed by atoms with Crippen LogP contribution >= 0.6 is 98.7 Å². The number of halogens is 13. The zero-order chi connectivity index (χ0) is 111. The maximum atomic E-state index is 13.2. The van der Waals surface area contributed by atoms with Crippen LogP contribution in [0.5, 0.6) is 28.7 Å². The Morgan fingerprint density at radius 3 is 1.26 bits per heavy atom. The zero-order valence-corrected chi connectivity index (χ0v) is 92.8. The molecule has 1 heterocycles. The van der Waals surface area contributed by atoms with E-state index in [0.717, 1.165) is 59.6 Å². The number of benzene rings is 11. The number of carboxylic acid groups (broad SMARTS) is 1. The van der Waals surface area contributed by atoms with Gasteiger partial charge < -0.3 is 110 Å². The van der Waals surface area contributed by atoms with Crippen molar-refractivity contribution in [3.05, 3.63) is 291 Å². The third kappa shape index (κ3) is 35.7. The third-order valence-corrected chi connectivity index (χ3v) is 24.1. The normalized spacial score (nSPS) is 11.7. The summed E-state index contributed by atoms with van der Waals surface area (Å²) >= 11 is 26.2. The van der Waals surface area contributed by atoms with Crippen molar-refractivity contribution in [3.63, 3.8) is 0 Å². The van der Waals surface area contributed by atoms with Gasteiger partial charge in [-0.3, -0.25) is 59.1 Å². The Morgan fingerprint density at radius 2 is 0.880 bits per heavy atom. The van der Waals surface area contributed by atoms with Gasteiger partial charge in [0.1, 0.15) is 73.2 Å². The molecular weight excluding hydrogens is 2430 g/mol. The molecule has 0 spiro atoms. The number of rotatable bonds is 27. The molecule has 1 aromatic heterocycles. The number of nitrogens with zero attached hydrogens (tertiary/aromatic N) is 5. The first kappa shape index (κ1) is 125. The summed E-state index contributed by atoms with van der Waals surface area (Å²) in [7, 11) is 6.85. The number of thiocyanates is 1. The minimum Gasteiger partial charge on any atom is -0.870 e. The predicted molar refractivity (Wildman–Crippen MR) is 560 cm³/mol. The Labute approximate surface area is 934 Å². The number of alkyl halides is 7. The summed E-state index contributed by atoms with van der Waals surface area (Å²) in [5, 5.41) is 70.7. The van der Waals surface area contributed by atoms with Gasteiger partial charge in [0.05, 0.1) is 112 Å². The molecule has 2 aliphatic rings. The van der Waals surface area contributed by atoms with E-state index < -0.39 is 84.9 Å². The van der Waals surface area contributed by atoms with Crippen molar-refractivity contribution in [2.45, 2.75) is 69.9 Å². The van der Waals surface area contributed by atoms with Gasteiger partial charge in [-0.2, -0.15) is 31.6 Å². The Kier molecular flexibility index (Phi) is 48.7. The van der Waals surface area contributed by atoms with Crippen LogP contribution in [-0.4, -0.2) is 143 Å². The van der Waals surface area contributed by atoms with Crippen LogP contribution in [0.25, 0.3) is 11.0 Å². The average Bonchev–Trinajstić information content (AvgIpc) is 1.59. The summed E-state index contributed by atoms with van der Waals surface area (Å²) in [5.41, 5.74) is 28.0. The maximum Gasteiger partial charge on any atom is 1.00 e. The molecule has 55 heteroatoms. The Balaban J connectivity index is 0.000000319. The number of carbonyl (C=O) groups excluding carboxylic acids is 7. The van der Waals surface area contributed by atoms with Crippen molar-refractivity contribution < 1.29 is 170 Å². The van der Waals surface area contributed by atoms with E-state index in [1.54, 1.807) is 104 Å². The molecule has 20 N–H and O–H groups in total. The molecule has 0 atom stereocenters. The van der Waals surface area contributed by atoms with Crippen molar-refractivity contribution in [1.29, 1.82) is 5.86 Å². The number of hydrogen-bond donors (Lipinski definition) is 14. The van der Waals surface area contributed by atoms with Gasteiger partial charge in [-0.15, -0.1) is 0 Å². The molecule has 0 saturated heterocycles. The van der Waals surface area contributed by atoms with Crippen molar-refractivity contribution in [2.75, 3.05) is 102 Å². The zero-order valence-electron chi connectivity index (χ0n) is 80.9. The second-order valence-corrected chi connectivity index (χ2v) is 35.8. The summed E-state index contributed by atoms with van der Waals surface area (Å²) < 4.78 is 118. The summed E-state index contributed by atoms with van der Waals surface area (Å²) in [6.07, 6.45) is -9.84. The van der Waals surface area contributed by atoms with Crippen LogP contribution in [0.3, 0.4) is 0 Å². The standard InChI is InChI=1S/C27H22BrClF3N5O3.C14H12BrN3O4.C14H14BrN3O2.C13H10ClF3N2OS.C12H14N2O6.C8H8N2O5.C6H6BrN.CH4I.Na.H2O/c1-40-22-12-21-20(11-17(22)23(38)34-16-5-3-15(28)4-6-16)36-25(37-21)35-19-10-14(2-7-18(19)29)13-33-24(39)26(8-9-26)27(30,31)32;1-22-13-7-11(16)12(18(20)21)6-10(13)14(19)17-9-4-2-8(15)3-5-9;1-20-13-7-12(17)11(16)6-10(13)14(19)18-9-4-2-8(15)3-5-9;14-9-2-1-8(5-10(9)21-7-18)6-19-11(20)12(3-4-12)13(15,16)17;1-4-20-12(16)8-5-10(14(17)18)9(13-7(2)15)6-11(8)19-3;1-15-7-3-5(9)6(10(13)14)2-4(7)8(11)12;7-5-1-3-6(8)4-2-5;1-2;;/h2-7,10-12H,8-9,13H2,1H3,(H,33,39)(H,34,38)(H2,35,36,37);2-7H,16H2,1H3,(H,17,19);2-7H,16-17H2,1H3,(H,18,19);1-2,5H,3-4,6H2,(H,19,20);5-6H,4H2,1-3H3,(H,13,15);2-3H,9H2,1H3,(H,11,12);1-4H,8H2;2H,1H3;;1H2/q;;;;;;;-1;+1;/p-1/i;;;;;;;2D;;. The fourth-order valence-corrected chi connectivity index (χ4v) is 14.6. The number of nitrogen functional groups attached to an aromatic ring is 5. The number of anilines is 11. The molecule has 0 unspecified atom stereocenters. The van der Waals surface area contributed by atoms with Crippen LogP contribution in [0, 0.1) is 51.8 Å². The number of carbonyl (C=O) groups is 8. The number of nitro benzene ring substituents is 3. The van der Waals surface area contributed by atoms with Gasteiger partial charge in [-0.25, -0.2) is 14.6 Å². The summed E-state index contributed by atoms with van der Waals surface area (Å²) in [6.45, 7) is 2.83. The van der Waals surface area contributed by atoms with Crippen molar-refractivity contribution in [1.82, 2.24) is 20.6 Å². The van der Waals surface area contributed by atoms with E-state index in [9.17, 15) is 95.0 Å². The number of ether oxygens (including phenoxy) is 6. The number of nitriles is 1. The number of aromatic carboxylic acids is 1. The smallest absolute Gasteiger partial charge is 0.870 e. The molecule has 40 nitrogen and oxygen atoms in total. The van der Waals surface area contributed by atoms with Crippen molar-refractivity contribution in [3.8, 4) is 34.1 Å². The van der Waals surface area contributed by atoms with Crippen molar-refractivity contribution >= 4 is 237 Å². The molecule has 150 heavy (non-hydrogen) atoms. The van der Waals surface area contributed by atoms with Gasteiger partial charge in [-0.1, -0.05) is 99.1 Å². The second-order valence-electron chi connectivity index (χ2n) is 30.5. The topological polar surface area (TPSA) is 638 Å². The summed E-state index contributed by atoms with van der Waals surface area (Å²) in [4.78, 5) is 135. The van der Waals surface area contributed by atoms with Crippen molar-refractivity contribution in [2.24, 2.45) is 10.8 Å². The molecular formula is C95H91Br4Cl2F6IN18NaO22S-. The van der Waals surface area contributed by atoms with Gasteiger partial charge in [0.15, 0.2) is 0 Å². The number of esters is 1. The minimum atomic E-state index is -4.58. The van der Waals surface area contributed by atoms with Gasteiger partial charge >= 0.3 is 81.8 Å². The van der Waals surface area contributed by atoms with E-state index in [2.05, 4.69) is 111 Å². The maximum absolute atomic E-state index is 13.2. The number of fused-ring (bicyclic) bond motifs is 1. The fraction of sp³-hybridized carbons (Fsp3) is 0.200. The Morgan fingerprint density at radius 1 is 0.520 bits per heavy atom. The molecule has 12 aromatic rings. The number of nitro groups is 3. The molecule has 2 fully saturated rings. The number of amides is 6. The number of imidazole rings is 1. The molecule has 2 aliphatic carbocycles. The van der Waals surface area contributed by atoms with Crippen LogP contribution in [0.2, 0.25) is 10.0 Å². The SMILES string of the molecule is CCOC(=O)c1cc([N+](=O)[O-])c(NC(C)=O)cc1OC.COc1cc(N)c(N)cc1C(=O)Nc1ccc(Br)cc1.COc1cc(N)c([N+](=O)[O-])cc1C(=O)Nc1ccc(Br)cc1.COc1cc(N)c([N+](=O)[O-])cc1C(=O)O.COc1cc2nc(Nc3cc(CNC(=O)C4(C(F)(F)F)CC4)ccc3Cl)[nH]c2cc1C(=O)Nc1ccc(Br)cc1.N#CSc1cc(CNC(=O)C2(C(F)(F)F)CC2)ccc1Cl.Nc1ccc(Br)cc1.[2H][I-]C.[Na+].[OH-]. The second kappa shape index (κ2) is 58.4. The molecule has 11 aromatic carbocycles. The number of thioether (sulfide) groups is 1. The average molecular weight is 2520 g/mol. The number of aromatic nitrogens is 2. The quantitative estimate of drug-likeness (QED) is 0.00217. The number of aromatic amines is 1.